The van der Waals surface area contributed by atoms with Crippen molar-refractivity contribution in [1.29, 1.82) is 5.26 Å². The average Bonchev–Trinajstić information content (AvgIpc) is 2.38. The van der Waals surface area contributed by atoms with Gasteiger partial charge in [0.05, 0.1) is 18.2 Å². The molecule has 1 heterocycles. The highest BCUT2D eigenvalue weighted by molar-refractivity contribution is 5.34. The highest BCUT2D eigenvalue weighted by Crippen LogP contribution is 2.10. The number of benzene rings is 1. The van der Waals surface area contributed by atoms with Crippen molar-refractivity contribution in [3.63, 3.8) is 0 Å². The van der Waals surface area contributed by atoms with Crippen molar-refractivity contribution < 1.29 is 4.39 Å². The second-order valence-electron chi connectivity index (χ2n) is 3.89. The zero-order valence-electron chi connectivity index (χ0n) is 9.68. The van der Waals surface area contributed by atoms with Gasteiger partial charge in [0.2, 0.25) is 0 Å². The van der Waals surface area contributed by atoms with E-state index in [2.05, 4.69) is 0 Å². The fraction of sp³-hybridized carbons (Fsp3) is 0.0833. The normalized spacial score (nSPS) is 10.1. The Labute approximate surface area is 106 Å². The lowest BCUT2D eigenvalue weighted by atomic mass is 10.1. The number of nitrogens with two attached hydrogens (primary N) is 1. The molecule has 2 aromatic rings. The van der Waals surface area contributed by atoms with E-state index in [0.29, 0.717) is 0 Å². The van der Waals surface area contributed by atoms with E-state index < -0.39 is 17.1 Å². The van der Waals surface area contributed by atoms with Gasteiger partial charge in [-0.25, -0.2) is 9.18 Å². The minimum atomic E-state index is -0.679. The fourth-order valence-electron chi connectivity index (χ4n) is 1.57. The molecule has 2 rings (SSSR count). The van der Waals surface area contributed by atoms with Gasteiger partial charge in [-0.05, 0) is 12.1 Å². The molecule has 0 aliphatic carbocycles. The summed E-state index contributed by atoms with van der Waals surface area (Å²) in [6, 6.07) is 5.74. The molecule has 0 unspecified atom stereocenters. The number of nitrogen functional groups attached to an aromatic ring is 1. The molecule has 3 N–H and O–H groups in total. The van der Waals surface area contributed by atoms with Gasteiger partial charge >= 0.3 is 5.69 Å². The molecule has 0 amide bonds. The number of aromatic nitrogens is 2. The Morgan fingerprint density at radius 2 is 2.16 bits per heavy atom. The molecule has 6 nitrogen and oxygen atoms in total. The number of hydrogen-bond donors (Lipinski definition) is 2. The number of hydrogen-bond acceptors (Lipinski definition) is 4. The molecule has 0 saturated heterocycles. The number of H-pyrrole nitrogens is 1. The van der Waals surface area contributed by atoms with Crippen LogP contribution in [0.3, 0.4) is 0 Å². The first kappa shape index (κ1) is 12.6. The Hall–Kier alpha value is -2.88. The van der Waals surface area contributed by atoms with Crippen molar-refractivity contribution in [2.45, 2.75) is 6.54 Å². The van der Waals surface area contributed by atoms with Gasteiger partial charge < -0.3 is 5.73 Å². The van der Waals surface area contributed by atoms with E-state index in [1.165, 1.54) is 12.1 Å². The summed E-state index contributed by atoms with van der Waals surface area (Å²) < 4.78 is 14.7. The summed E-state index contributed by atoms with van der Waals surface area (Å²) in [5.74, 6) is -0.601. The maximum atomic E-state index is 13.7. The molecule has 0 aliphatic heterocycles. The van der Waals surface area contributed by atoms with Gasteiger partial charge in [0.15, 0.2) is 0 Å². The Balaban J connectivity index is 2.42. The maximum absolute atomic E-state index is 13.7. The Kier molecular flexibility index (Phi) is 3.16. The molecular weight excluding hydrogens is 251 g/mol. The Morgan fingerprint density at radius 3 is 2.79 bits per heavy atom. The van der Waals surface area contributed by atoms with Crippen LogP contribution < -0.4 is 17.0 Å². The van der Waals surface area contributed by atoms with Crippen LogP contribution in [0.25, 0.3) is 0 Å². The molecule has 0 aliphatic rings. The summed E-state index contributed by atoms with van der Waals surface area (Å²) in [5.41, 5.74) is 4.30. The van der Waals surface area contributed by atoms with Gasteiger partial charge in [0.1, 0.15) is 11.5 Å². The van der Waals surface area contributed by atoms with Gasteiger partial charge in [-0.2, -0.15) is 5.26 Å². The minimum absolute atomic E-state index is 0.0860. The van der Waals surface area contributed by atoms with Crippen LogP contribution in [0, 0.1) is 17.1 Å². The van der Waals surface area contributed by atoms with Crippen LogP contribution in [0.1, 0.15) is 11.1 Å². The van der Waals surface area contributed by atoms with Crippen LogP contribution in [0.2, 0.25) is 0 Å². The summed E-state index contributed by atoms with van der Waals surface area (Å²) in [6.07, 6.45) is 1.15. The molecule has 1 aromatic heterocycles. The molecule has 0 bridgehead atoms. The van der Waals surface area contributed by atoms with E-state index in [4.69, 9.17) is 11.0 Å². The molecule has 7 heteroatoms. The third-order valence-electron chi connectivity index (χ3n) is 2.56. The lowest BCUT2D eigenvalue weighted by Gasteiger charge is -2.07. The topological polar surface area (TPSA) is 105 Å². The molecule has 0 fully saturated rings. The minimum Gasteiger partial charge on any atom is -0.393 e. The summed E-state index contributed by atoms with van der Waals surface area (Å²) >= 11 is 0. The van der Waals surface area contributed by atoms with Gasteiger partial charge in [-0.15, -0.1) is 0 Å². The standard InChI is InChI=1S/C12H9FN4O2/c13-9-3-7(4-14)1-2-8(9)5-17-6-10(15)11(18)16-12(17)19/h1-3,6H,5,15H2,(H,16,18,19). The van der Waals surface area contributed by atoms with E-state index in [-0.39, 0.29) is 23.4 Å². The first-order valence-electron chi connectivity index (χ1n) is 5.29. The van der Waals surface area contributed by atoms with E-state index >= 15 is 0 Å². The van der Waals surface area contributed by atoms with Gasteiger partial charge in [0.25, 0.3) is 5.56 Å². The van der Waals surface area contributed by atoms with E-state index in [1.807, 2.05) is 11.1 Å². The number of halogens is 1. The predicted molar refractivity (Wildman–Crippen MR) is 66.0 cm³/mol. The van der Waals surface area contributed by atoms with Crippen LogP contribution in [-0.4, -0.2) is 9.55 Å². The molecule has 0 atom stereocenters. The smallest absolute Gasteiger partial charge is 0.328 e. The monoisotopic (exact) mass is 260 g/mol. The molecule has 1 aromatic carbocycles. The molecule has 19 heavy (non-hydrogen) atoms. The number of anilines is 1. The van der Waals surface area contributed by atoms with Crippen molar-refractivity contribution in [1.82, 2.24) is 9.55 Å². The lowest BCUT2D eigenvalue weighted by molar-refractivity contribution is 0.592. The number of rotatable bonds is 2. The quantitative estimate of drug-likeness (QED) is 0.803. The summed E-state index contributed by atoms with van der Waals surface area (Å²) in [7, 11) is 0. The molecule has 0 radical (unpaired) electrons. The predicted octanol–water partition coefficient (Wildman–Crippen LogP) is 0.178. The number of nitrogens with zero attached hydrogens (tertiary/aromatic N) is 2. The number of aromatic amines is 1. The molecule has 0 spiro atoms. The van der Waals surface area contributed by atoms with Crippen molar-refractivity contribution in [2.24, 2.45) is 0 Å². The summed E-state index contributed by atoms with van der Waals surface area (Å²) in [5, 5.41) is 8.63. The van der Waals surface area contributed by atoms with Gasteiger partial charge in [0, 0.05) is 11.8 Å². The fourth-order valence-corrected chi connectivity index (χ4v) is 1.57. The second-order valence-corrected chi connectivity index (χ2v) is 3.89. The highest BCUT2D eigenvalue weighted by Gasteiger charge is 2.07. The van der Waals surface area contributed by atoms with Crippen LogP contribution in [0.15, 0.2) is 34.0 Å². The number of nitrogens with one attached hydrogen (secondary N) is 1. The Morgan fingerprint density at radius 1 is 1.42 bits per heavy atom. The van der Waals surface area contributed by atoms with Crippen LogP contribution in [0.4, 0.5) is 10.1 Å². The molecule has 96 valence electrons. The molecule has 0 saturated carbocycles. The van der Waals surface area contributed by atoms with Gasteiger partial charge in [-0.3, -0.25) is 14.3 Å². The summed E-state index contributed by atoms with van der Waals surface area (Å²) in [6.45, 7) is -0.0860. The van der Waals surface area contributed by atoms with Crippen molar-refractivity contribution >= 4 is 5.69 Å². The van der Waals surface area contributed by atoms with Gasteiger partial charge in [-0.1, -0.05) is 6.07 Å². The maximum Gasteiger partial charge on any atom is 0.328 e. The van der Waals surface area contributed by atoms with Crippen molar-refractivity contribution in [2.75, 3.05) is 5.73 Å². The van der Waals surface area contributed by atoms with E-state index in [1.54, 1.807) is 0 Å². The largest absolute Gasteiger partial charge is 0.393 e. The SMILES string of the molecule is N#Cc1ccc(Cn2cc(N)c(=O)[nH]c2=O)c(F)c1. The zero-order valence-corrected chi connectivity index (χ0v) is 9.68. The number of nitriles is 1. The molecular formula is C12H9FN4O2. The summed E-state index contributed by atoms with van der Waals surface area (Å²) in [4.78, 5) is 24.6. The highest BCUT2D eigenvalue weighted by atomic mass is 19.1. The first-order chi connectivity index (χ1) is 9.01. The van der Waals surface area contributed by atoms with Crippen molar-refractivity contribution in [3.05, 3.63) is 62.2 Å². The van der Waals surface area contributed by atoms with Crippen molar-refractivity contribution in [3.8, 4) is 6.07 Å². The van der Waals surface area contributed by atoms with Crippen LogP contribution in [-0.2, 0) is 6.54 Å². The first-order valence-corrected chi connectivity index (χ1v) is 5.29. The van der Waals surface area contributed by atoms with Crippen LogP contribution >= 0.6 is 0 Å². The zero-order chi connectivity index (χ0) is 14.0. The van der Waals surface area contributed by atoms with Crippen LogP contribution in [0.5, 0.6) is 0 Å². The third-order valence-corrected chi connectivity index (χ3v) is 2.56. The third kappa shape index (κ3) is 2.52. The van der Waals surface area contributed by atoms with E-state index in [0.717, 1.165) is 16.8 Å². The second kappa shape index (κ2) is 4.78. The lowest BCUT2D eigenvalue weighted by Crippen LogP contribution is -2.31. The Bertz CT molecular complexity index is 786. The van der Waals surface area contributed by atoms with E-state index in [9.17, 15) is 14.0 Å². The average molecular weight is 260 g/mol.